The van der Waals surface area contributed by atoms with E-state index in [9.17, 15) is 9.59 Å². The summed E-state index contributed by atoms with van der Waals surface area (Å²) in [5.41, 5.74) is 5.74. The van der Waals surface area contributed by atoms with Gasteiger partial charge in [0, 0.05) is 19.4 Å². The van der Waals surface area contributed by atoms with E-state index in [0.717, 1.165) is 12.8 Å². The third-order valence-electron chi connectivity index (χ3n) is 3.88. The van der Waals surface area contributed by atoms with Crippen molar-refractivity contribution in [2.75, 3.05) is 13.1 Å². The van der Waals surface area contributed by atoms with Gasteiger partial charge in [-0.3, -0.25) is 9.59 Å². The molecule has 1 saturated carbocycles. The third kappa shape index (κ3) is 4.64. The Morgan fingerprint density at radius 3 is 2.56 bits per heavy atom. The molecule has 0 aromatic rings. The molecule has 1 amide bonds. The second-order valence-corrected chi connectivity index (χ2v) is 5.58. The van der Waals surface area contributed by atoms with Crippen LogP contribution in [0, 0.1) is 11.3 Å². The number of carboxylic acids is 1. The van der Waals surface area contributed by atoms with E-state index in [1.807, 2.05) is 6.92 Å². The molecule has 1 aliphatic rings. The lowest BCUT2D eigenvalue weighted by atomic mass is 9.66. The van der Waals surface area contributed by atoms with E-state index in [0.29, 0.717) is 25.9 Å². The van der Waals surface area contributed by atoms with Crippen molar-refractivity contribution in [1.82, 2.24) is 5.32 Å². The maximum absolute atomic E-state index is 11.8. The van der Waals surface area contributed by atoms with Gasteiger partial charge in [-0.1, -0.05) is 13.3 Å². The molecule has 18 heavy (non-hydrogen) atoms. The van der Waals surface area contributed by atoms with Gasteiger partial charge in [0.05, 0.1) is 0 Å². The van der Waals surface area contributed by atoms with E-state index in [1.165, 1.54) is 6.42 Å². The molecule has 0 aliphatic heterocycles. The van der Waals surface area contributed by atoms with Crippen molar-refractivity contribution >= 4 is 11.9 Å². The highest BCUT2D eigenvalue weighted by molar-refractivity contribution is 5.76. The molecule has 5 nitrogen and oxygen atoms in total. The molecule has 0 saturated heterocycles. The van der Waals surface area contributed by atoms with Gasteiger partial charge in [0.25, 0.3) is 0 Å². The van der Waals surface area contributed by atoms with Crippen LogP contribution in [0.3, 0.4) is 0 Å². The molecule has 0 heterocycles. The molecular formula is C13H24N2O3. The van der Waals surface area contributed by atoms with Crippen molar-refractivity contribution in [3.8, 4) is 0 Å². The Kier molecular flexibility index (Phi) is 5.59. The fourth-order valence-corrected chi connectivity index (χ4v) is 2.29. The van der Waals surface area contributed by atoms with Crippen LogP contribution in [0.15, 0.2) is 0 Å². The standard InChI is InChI=1S/C13H24N2O3/c1-10(3-4-12(17)18)8-15-11(16)7-13(9-14)5-2-6-13/h10H,2-9,14H2,1H3,(H,15,16)(H,17,18). The molecule has 0 aromatic heterocycles. The fraction of sp³-hybridized carbons (Fsp3) is 0.846. The van der Waals surface area contributed by atoms with E-state index >= 15 is 0 Å². The number of amides is 1. The van der Waals surface area contributed by atoms with Crippen LogP contribution < -0.4 is 11.1 Å². The summed E-state index contributed by atoms with van der Waals surface area (Å²) in [6, 6.07) is 0. The second-order valence-electron chi connectivity index (χ2n) is 5.58. The quantitative estimate of drug-likeness (QED) is 0.607. The van der Waals surface area contributed by atoms with Gasteiger partial charge in [-0.25, -0.2) is 0 Å². The highest BCUT2D eigenvalue weighted by Gasteiger charge is 2.37. The first-order valence-electron chi connectivity index (χ1n) is 6.66. The van der Waals surface area contributed by atoms with Crippen molar-refractivity contribution in [2.24, 2.45) is 17.1 Å². The van der Waals surface area contributed by atoms with E-state index in [-0.39, 0.29) is 23.7 Å². The highest BCUT2D eigenvalue weighted by Crippen LogP contribution is 2.42. The zero-order valence-electron chi connectivity index (χ0n) is 11.1. The van der Waals surface area contributed by atoms with Crippen LogP contribution in [0.5, 0.6) is 0 Å². The molecule has 0 aromatic carbocycles. The zero-order valence-corrected chi connectivity index (χ0v) is 11.1. The Morgan fingerprint density at radius 2 is 2.11 bits per heavy atom. The average molecular weight is 256 g/mol. The molecular weight excluding hydrogens is 232 g/mol. The second kappa shape index (κ2) is 6.73. The monoisotopic (exact) mass is 256 g/mol. The van der Waals surface area contributed by atoms with Crippen molar-refractivity contribution in [1.29, 1.82) is 0 Å². The minimum atomic E-state index is -0.787. The summed E-state index contributed by atoms with van der Waals surface area (Å²) in [5.74, 6) is -0.549. The van der Waals surface area contributed by atoms with Crippen molar-refractivity contribution in [3.63, 3.8) is 0 Å². The molecule has 0 spiro atoms. The van der Waals surface area contributed by atoms with Gasteiger partial charge < -0.3 is 16.2 Å². The summed E-state index contributed by atoms with van der Waals surface area (Å²) in [5, 5.41) is 11.4. The number of hydrogen-bond donors (Lipinski definition) is 3. The fourth-order valence-electron chi connectivity index (χ4n) is 2.29. The Hall–Kier alpha value is -1.10. The van der Waals surface area contributed by atoms with E-state index in [2.05, 4.69) is 5.32 Å². The molecule has 1 fully saturated rings. The number of carbonyl (C=O) groups is 2. The SMILES string of the molecule is CC(CCC(=O)O)CNC(=O)CC1(CN)CCC1. The largest absolute Gasteiger partial charge is 0.481 e. The lowest BCUT2D eigenvalue weighted by molar-refractivity contribution is -0.137. The molecule has 104 valence electrons. The first-order valence-corrected chi connectivity index (χ1v) is 6.66. The smallest absolute Gasteiger partial charge is 0.303 e. The molecule has 1 rings (SSSR count). The minimum Gasteiger partial charge on any atom is -0.481 e. The molecule has 1 atom stereocenters. The first kappa shape index (κ1) is 15.0. The zero-order chi connectivity index (χ0) is 13.6. The number of nitrogens with two attached hydrogens (primary N) is 1. The Balaban J connectivity index is 2.18. The molecule has 5 heteroatoms. The van der Waals surface area contributed by atoms with Gasteiger partial charge in [-0.15, -0.1) is 0 Å². The lowest BCUT2D eigenvalue weighted by Gasteiger charge is -2.40. The van der Waals surface area contributed by atoms with E-state index in [1.54, 1.807) is 0 Å². The summed E-state index contributed by atoms with van der Waals surface area (Å²) in [6.45, 7) is 3.08. The lowest BCUT2D eigenvalue weighted by Crippen LogP contribution is -2.42. The Labute approximate surface area is 108 Å². The van der Waals surface area contributed by atoms with Crippen molar-refractivity contribution in [3.05, 3.63) is 0 Å². The van der Waals surface area contributed by atoms with Gasteiger partial charge >= 0.3 is 5.97 Å². The van der Waals surface area contributed by atoms with Crippen LogP contribution in [0.1, 0.15) is 45.4 Å². The van der Waals surface area contributed by atoms with E-state index < -0.39 is 5.97 Å². The number of aliphatic carboxylic acids is 1. The molecule has 1 aliphatic carbocycles. The number of hydrogen-bond acceptors (Lipinski definition) is 3. The molecule has 1 unspecified atom stereocenters. The number of carbonyl (C=O) groups excluding carboxylic acids is 1. The predicted octanol–water partition coefficient (Wildman–Crippen LogP) is 1.12. The van der Waals surface area contributed by atoms with E-state index in [4.69, 9.17) is 10.8 Å². The number of carboxylic acid groups (broad SMARTS) is 1. The van der Waals surface area contributed by atoms with Gasteiger partial charge in [0.1, 0.15) is 0 Å². The maximum Gasteiger partial charge on any atom is 0.303 e. The minimum absolute atomic E-state index is 0.0361. The summed E-state index contributed by atoms with van der Waals surface area (Å²) in [7, 11) is 0. The van der Waals surface area contributed by atoms with Crippen molar-refractivity contribution < 1.29 is 14.7 Å². The molecule has 0 bridgehead atoms. The van der Waals surface area contributed by atoms with Crippen LogP contribution in [0.2, 0.25) is 0 Å². The van der Waals surface area contributed by atoms with Crippen molar-refractivity contribution in [2.45, 2.75) is 45.4 Å². The average Bonchev–Trinajstić information content (AvgIpc) is 2.28. The summed E-state index contributed by atoms with van der Waals surface area (Å²) in [6.07, 6.45) is 4.52. The molecule has 4 N–H and O–H groups in total. The maximum atomic E-state index is 11.8. The Morgan fingerprint density at radius 1 is 1.44 bits per heavy atom. The van der Waals surface area contributed by atoms with Crippen LogP contribution in [-0.4, -0.2) is 30.1 Å². The van der Waals surface area contributed by atoms with Crippen LogP contribution >= 0.6 is 0 Å². The summed E-state index contributed by atoms with van der Waals surface area (Å²) >= 11 is 0. The van der Waals surface area contributed by atoms with Crippen LogP contribution in [0.4, 0.5) is 0 Å². The van der Waals surface area contributed by atoms with Crippen LogP contribution in [-0.2, 0) is 9.59 Å². The Bertz CT molecular complexity index is 295. The van der Waals surface area contributed by atoms with Gasteiger partial charge in [0.15, 0.2) is 0 Å². The topological polar surface area (TPSA) is 92.4 Å². The first-order chi connectivity index (χ1) is 8.47. The number of rotatable bonds is 8. The molecule has 0 radical (unpaired) electrons. The van der Waals surface area contributed by atoms with Gasteiger partial charge in [-0.05, 0) is 37.1 Å². The number of nitrogens with one attached hydrogen (secondary N) is 1. The van der Waals surface area contributed by atoms with Crippen LogP contribution in [0.25, 0.3) is 0 Å². The predicted molar refractivity (Wildman–Crippen MR) is 69.0 cm³/mol. The van der Waals surface area contributed by atoms with Gasteiger partial charge in [-0.2, -0.15) is 0 Å². The summed E-state index contributed by atoms with van der Waals surface area (Å²) < 4.78 is 0. The summed E-state index contributed by atoms with van der Waals surface area (Å²) in [4.78, 5) is 22.2. The normalized spacial score (nSPS) is 18.8. The highest BCUT2D eigenvalue weighted by atomic mass is 16.4. The third-order valence-corrected chi connectivity index (χ3v) is 3.88. The van der Waals surface area contributed by atoms with Gasteiger partial charge in [0.2, 0.25) is 5.91 Å².